The van der Waals surface area contributed by atoms with Crippen molar-refractivity contribution in [2.75, 3.05) is 20.3 Å². The van der Waals surface area contributed by atoms with Gasteiger partial charge in [-0.1, -0.05) is 18.2 Å². The Morgan fingerprint density at radius 2 is 1.86 bits per heavy atom. The van der Waals surface area contributed by atoms with Crippen LogP contribution in [0.25, 0.3) is 0 Å². The molecule has 4 heteroatoms. The minimum atomic E-state index is 0.181. The fraction of sp³-hybridized carbons (Fsp3) is 0.278. The van der Waals surface area contributed by atoms with Crippen molar-refractivity contribution in [3.63, 3.8) is 0 Å². The predicted octanol–water partition coefficient (Wildman–Crippen LogP) is 3.30. The molecule has 0 saturated heterocycles. The first-order valence-corrected chi connectivity index (χ1v) is 7.24. The van der Waals surface area contributed by atoms with Crippen LogP contribution in [-0.2, 0) is 0 Å². The second-order valence-corrected chi connectivity index (χ2v) is 4.90. The lowest BCUT2D eigenvalue weighted by molar-refractivity contribution is 0.306. The first kappa shape index (κ1) is 15.9. The number of hydrogen-bond acceptors (Lipinski definition) is 4. The highest BCUT2D eigenvalue weighted by molar-refractivity contribution is 5.36. The lowest BCUT2D eigenvalue weighted by Gasteiger charge is -2.17. The third-order valence-electron chi connectivity index (χ3n) is 3.41. The molecule has 2 rings (SSSR count). The van der Waals surface area contributed by atoms with Crippen molar-refractivity contribution in [1.82, 2.24) is 5.32 Å². The molecular weight excluding hydrogens is 276 g/mol. The molecule has 114 valence electrons. The second-order valence-electron chi connectivity index (χ2n) is 4.90. The number of para-hydroxylation sites is 1. The Morgan fingerprint density at radius 3 is 2.55 bits per heavy atom. The normalized spacial score (nSPS) is 11.5. The molecule has 0 heterocycles. The quantitative estimate of drug-likeness (QED) is 0.797. The summed E-state index contributed by atoms with van der Waals surface area (Å²) in [6, 6.07) is 17.4. The van der Waals surface area contributed by atoms with E-state index in [4.69, 9.17) is 14.7 Å². The van der Waals surface area contributed by atoms with Crippen LogP contribution < -0.4 is 14.8 Å². The van der Waals surface area contributed by atoms with Crippen LogP contribution in [0.5, 0.6) is 11.5 Å². The van der Waals surface area contributed by atoms with E-state index in [0.29, 0.717) is 12.2 Å². The Kier molecular flexibility index (Phi) is 5.81. The molecule has 0 fully saturated rings. The van der Waals surface area contributed by atoms with Crippen molar-refractivity contribution < 1.29 is 9.47 Å². The average Bonchev–Trinajstić information content (AvgIpc) is 2.59. The summed E-state index contributed by atoms with van der Waals surface area (Å²) in [7, 11) is 1.68. The standard InChI is InChI=1S/C18H20N2O2/c1-14(17-5-3-4-6-18(17)21-2)20-11-12-22-16-9-7-15(13-19)8-10-16/h3-10,14,20H,11-12H2,1-2H3/t14-/m0/s1. The monoisotopic (exact) mass is 296 g/mol. The van der Waals surface area contributed by atoms with Gasteiger partial charge in [0.25, 0.3) is 0 Å². The average molecular weight is 296 g/mol. The first-order valence-electron chi connectivity index (χ1n) is 7.24. The first-order chi connectivity index (χ1) is 10.7. The number of nitrogens with one attached hydrogen (secondary N) is 1. The summed E-state index contributed by atoms with van der Waals surface area (Å²) >= 11 is 0. The Bertz CT molecular complexity index is 632. The van der Waals surface area contributed by atoms with Gasteiger partial charge in [-0.3, -0.25) is 0 Å². The summed E-state index contributed by atoms with van der Waals surface area (Å²) in [6.45, 7) is 3.38. The van der Waals surface area contributed by atoms with E-state index in [1.165, 1.54) is 0 Å². The zero-order valence-corrected chi connectivity index (χ0v) is 12.9. The van der Waals surface area contributed by atoms with E-state index in [-0.39, 0.29) is 6.04 Å². The summed E-state index contributed by atoms with van der Waals surface area (Å²) in [5.41, 5.74) is 1.76. The van der Waals surface area contributed by atoms with Gasteiger partial charge in [0.05, 0.1) is 18.7 Å². The highest BCUT2D eigenvalue weighted by atomic mass is 16.5. The van der Waals surface area contributed by atoms with Crippen LogP contribution in [0.15, 0.2) is 48.5 Å². The highest BCUT2D eigenvalue weighted by Gasteiger charge is 2.09. The third-order valence-corrected chi connectivity index (χ3v) is 3.41. The van der Waals surface area contributed by atoms with E-state index >= 15 is 0 Å². The topological polar surface area (TPSA) is 54.3 Å². The summed E-state index contributed by atoms with van der Waals surface area (Å²) in [5.74, 6) is 1.65. The van der Waals surface area contributed by atoms with Crippen molar-refractivity contribution in [2.45, 2.75) is 13.0 Å². The van der Waals surface area contributed by atoms with Gasteiger partial charge in [-0.2, -0.15) is 5.26 Å². The third kappa shape index (κ3) is 4.24. The number of nitriles is 1. The van der Waals surface area contributed by atoms with Crippen molar-refractivity contribution >= 4 is 0 Å². The van der Waals surface area contributed by atoms with Crippen LogP contribution in [0.3, 0.4) is 0 Å². The molecule has 0 radical (unpaired) electrons. The van der Waals surface area contributed by atoms with Gasteiger partial charge in [0.2, 0.25) is 0 Å². The molecule has 0 bridgehead atoms. The molecule has 0 aromatic heterocycles. The number of ether oxygens (including phenoxy) is 2. The van der Waals surface area contributed by atoms with Gasteiger partial charge >= 0.3 is 0 Å². The Labute approximate surface area is 131 Å². The minimum absolute atomic E-state index is 0.181. The van der Waals surface area contributed by atoms with Gasteiger partial charge < -0.3 is 14.8 Å². The molecule has 0 saturated carbocycles. The maximum absolute atomic E-state index is 8.74. The van der Waals surface area contributed by atoms with Crippen molar-refractivity contribution in [1.29, 1.82) is 5.26 Å². The Balaban J connectivity index is 1.79. The van der Waals surface area contributed by atoms with E-state index in [2.05, 4.69) is 24.4 Å². The molecule has 4 nitrogen and oxygen atoms in total. The number of rotatable bonds is 7. The molecule has 0 aliphatic carbocycles. The molecule has 0 amide bonds. The molecule has 1 atom stereocenters. The smallest absolute Gasteiger partial charge is 0.123 e. The van der Waals surface area contributed by atoms with Gasteiger partial charge in [0, 0.05) is 18.2 Å². The fourth-order valence-electron chi connectivity index (χ4n) is 2.20. The van der Waals surface area contributed by atoms with E-state index in [1.807, 2.05) is 30.3 Å². The number of hydrogen-bond donors (Lipinski definition) is 1. The second kappa shape index (κ2) is 8.06. The van der Waals surface area contributed by atoms with Crippen LogP contribution in [0, 0.1) is 11.3 Å². The Hall–Kier alpha value is -2.51. The van der Waals surface area contributed by atoms with Crippen molar-refractivity contribution in [3.8, 4) is 17.6 Å². The highest BCUT2D eigenvalue weighted by Crippen LogP contribution is 2.24. The SMILES string of the molecule is COc1ccccc1[C@H](C)NCCOc1ccc(C#N)cc1. The van der Waals surface area contributed by atoms with Gasteiger partial charge in [-0.25, -0.2) is 0 Å². The fourth-order valence-corrected chi connectivity index (χ4v) is 2.20. The predicted molar refractivity (Wildman–Crippen MR) is 86.1 cm³/mol. The summed E-state index contributed by atoms with van der Waals surface area (Å²) in [4.78, 5) is 0. The van der Waals surface area contributed by atoms with Crippen LogP contribution in [0.4, 0.5) is 0 Å². The molecule has 2 aromatic carbocycles. The number of methoxy groups -OCH3 is 1. The molecule has 1 N–H and O–H groups in total. The van der Waals surface area contributed by atoms with Crippen LogP contribution in [0.2, 0.25) is 0 Å². The number of benzene rings is 2. The zero-order valence-electron chi connectivity index (χ0n) is 12.9. The number of nitrogens with zero attached hydrogens (tertiary/aromatic N) is 1. The van der Waals surface area contributed by atoms with Crippen LogP contribution in [-0.4, -0.2) is 20.3 Å². The van der Waals surface area contributed by atoms with E-state index < -0.39 is 0 Å². The molecule has 0 unspecified atom stereocenters. The van der Waals surface area contributed by atoms with Gasteiger partial charge in [-0.05, 0) is 37.3 Å². The molecule has 0 aliphatic heterocycles. The summed E-state index contributed by atoms with van der Waals surface area (Å²) in [5, 5.41) is 12.2. The largest absolute Gasteiger partial charge is 0.496 e. The molecule has 2 aromatic rings. The van der Waals surface area contributed by atoms with E-state index in [0.717, 1.165) is 23.6 Å². The summed E-state index contributed by atoms with van der Waals surface area (Å²) in [6.07, 6.45) is 0. The van der Waals surface area contributed by atoms with Gasteiger partial charge in [-0.15, -0.1) is 0 Å². The Morgan fingerprint density at radius 1 is 1.14 bits per heavy atom. The lowest BCUT2D eigenvalue weighted by Crippen LogP contribution is -2.24. The molecule has 0 spiro atoms. The van der Waals surface area contributed by atoms with Crippen molar-refractivity contribution in [2.24, 2.45) is 0 Å². The minimum Gasteiger partial charge on any atom is -0.496 e. The summed E-state index contributed by atoms with van der Waals surface area (Å²) < 4.78 is 11.0. The molecular formula is C18H20N2O2. The maximum atomic E-state index is 8.74. The lowest BCUT2D eigenvalue weighted by atomic mass is 10.1. The molecule has 22 heavy (non-hydrogen) atoms. The maximum Gasteiger partial charge on any atom is 0.123 e. The zero-order chi connectivity index (χ0) is 15.8. The molecule has 0 aliphatic rings. The van der Waals surface area contributed by atoms with Crippen molar-refractivity contribution in [3.05, 3.63) is 59.7 Å². The van der Waals surface area contributed by atoms with E-state index in [9.17, 15) is 0 Å². The van der Waals surface area contributed by atoms with E-state index in [1.54, 1.807) is 19.2 Å². The van der Waals surface area contributed by atoms with Gasteiger partial charge in [0.15, 0.2) is 0 Å². The van der Waals surface area contributed by atoms with Crippen LogP contribution >= 0.6 is 0 Å². The van der Waals surface area contributed by atoms with Gasteiger partial charge in [0.1, 0.15) is 18.1 Å². The van der Waals surface area contributed by atoms with Crippen LogP contribution in [0.1, 0.15) is 24.1 Å².